The number of primary amides is 1. The zero-order valence-electron chi connectivity index (χ0n) is 6.47. The molecule has 1 amide bonds. The third kappa shape index (κ3) is 1.35. The van der Waals surface area contributed by atoms with Crippen LogP contribution in [0, 0.1) is 16.7 Å². The summed E-state index contributed by atoms with van der Waals surface area (Å²) in [7, 11) is 0. The summed E-state index contributed by atoms with van der Waals surface area (Å²) in [6.07, 6.45) is 4.33. The van der Waals surface area contributed by atoms with Crippen LogP contribution in [-0.4, -0.2) is 5.91 Å². The van der Waals surface area contributed by atoms with Gasteiger partial charge in [0.25, 0.3) is 0 Å². The SMILES string of the molecule is N#CC1(C(N)=O)CCCCC1. The van der Waals surface area contributed by atoms with Crippen molar-refractivity contribution in [1.29, 1.82) is 5.26 Å². The summed E-state index contributed by atoms with van der Waals surface area (Å²) in [6.45, 7) is 0. The second kappa shape index (κ2) is 2.91. The summed E-state index contributed by atoms with van der Waals surface area (Å²) < 4.78 is 0. The molecule has 0 aromatic carbocycles. The predicted octanol–water partition coefficient (Wildman–Crippen LogP) is 0.946. The minimum absolute atomic E-state index is 0.445. The van der Waals surface area contributed by atoms with Gasteiger partial charge in [0.2, 0.25) is 5.91 Å². The molecule has 1 saturated carbocycles. The largest absolute Gasteiger partial charge is 0.368 e. The monoisotopic (exact) mass is 152 g/mol. The van der Waals surface area contributed by atoms with Gasteiger partial charge in [0.1, 0.15) is 5.41 Å². The maximum Gasteiger partial charge on any atom is 0.237 e. The van der Waals surface area contributed by atoms with Crippen LogP contribution in [0.3, 0.4) is 0 Å². The lowest BCUT2D eigenvalue weighted by Gasteiger charge is -2.26. The molecule has 1 fully saturated rings. The molecule has 3 heteroatoms. The van der Waals surface area contributed by atoms with E-state index in [1.165, 1.54) is 0 Å². The molecule has 60 valence electrons. The molecule has 0 bridgehead atoms. The van der Waals surface area contributed by atoms with Crippen LogP contribution < -0.4 is 5.73 Å². The summed E-state index contributed by atoms with van der Waals surface area (Å²) in [5.74, 6) is -0.445. The molecule has 0 unspecified atom stereocenters. The van der Waals surface area contributed by atoms with E-state index < -0.39 is 11.3 Å². The molecular formula is C8H12N2O. The zero-order chi connectivity index (χ0) is 8.32. The van der Waals surface area contributed by atoms with Crippen molar-refractivity contribution in [2.24, 2.45) is 11.1 Å². The van der Waals surface area contributed by atoms with E-state index >= 15 is 0 Å². The Kier molecular flexibility index (Phi) is 2.13. The quantitative estimate of drug-likeness (QED) is 0.607. The number of nitrogens with two attached hydrogens (primary N) is 1. The van der Waals surface area contributed by atoms with Gasteiger partial charge in [0, 0.05) is 0 Å². The Balaban J connectivity index is 2.75. The average molecular weight is 152 g/mol. The van der Waals surface area contributed by atoms with Gasteiger partial charge in [-0.05, 0) is 12.8 Å². The fraction of sp³-hybridized carbons (Fsp3) is 0.750. The van der Waals surface area contributed by atoms with E-state index in [4.69, 9.17) is 11.0 Å². The third-order valence-electron chi connectivity index (χ3n) is 2.39. The van der Waals surface area contributed by atoms with E-state index in [2.05, 4.69) is 0 Å². The minimum atomic E-state index is -0.835. The fourth-order valence-electron chi connectivity index (χ4n) is 1.57. The maximum absolute atomic E-state index is 10.9. The fourth-order valence-corrected chi connectivity index (χ4v) is 1.57. The first kappa shape index (κ1) is 8.06. The molecule has 2 N–H and O–H groups in total. The van der Waals surface area contributed by atoms with E-state index in [0.29, 0.717) is 12.8 Å². The highest BCUT2D eigenvalue weighted by atomic mass is 16.1. The van der Waals surface area contributed by atoms with Gasteiger partial charge in [-0.2, -0.15) is 5.26 Å². The molecule has 0 atom stereocenters. The smallest absolute Gasteiger partial charge is 0.237 e. The van der Waals surface area contributed by atoms with Crippen molar-refractivity contribution >= 4 is 5.91 Å². The van der Waals surface area contributed by atoms with Gasteiger partial charge < -0.3 is 5.73 Å². The van der Waals surface area contributed by atoms with Crippen LogP contribution in [0.15, 0.2) is 0 Å². The number of amides is 1. The summed E-state index contributed by atoms with van der Waals surface area (Å²) in [5.41, 5.74) is 4.32. The van der Waals surface area contributed by atoms with Crippen molar-refractivity contribution < 1.29 is 4.79 Å². The molecule has 0 radical (unpaired) electrons. The lowest BCUT2D eigenvalue weighted by molar-refractivity contribution is -0.126. The highest BCUT2D eigenvalue weighted by Gasteiger charge is 2.37. The molecule has 3 nitrogen and oxygen atoms in total. The van der Waals surface area contributed by atoms with Crippen LogP contribution in [0.5, 0.6) is 0 Å². The first-order chi connectivity index (χ1) is 5.21. The van der Waals surface area contributed by atoms with Crippen molar-refractivity contribution in [3.63, 3.8) is 0 Å². The number of carbonyl (C=O) groups is 1. The van der Waals surface area contributed by atoms with Gasteiger partial charge in [-0.15, -0.1) is 0 Å². The van der Waals surface area contributed by atoms with Crippen molar-refractivity contribution in [1.82, 2.24) is 0 Å². The molecule has 1 rings (SSSR count). The number of rotatable bonds is 1. The Morgan fingerprint density at radius 1 is 1.36 bits per heavy atom. The minimum Gasteiger partial charge on any atom is -0.368 e. The van der Waals surface area contributed by atoms with Crippen LogP contribution in [0.25, 0.3) is 0 Å². The van der Waals surface area contributed by atoms with Crippen LogP contribution in [0.1, 0.15) is 32.1 Å². The number of nitrogens with zero attached hydrogens (tertiary/aromatic N) is 1. The highest BCUT2D eigenvalue weighted by molar-refractivity contribution is 5.83. The molecule has 0 heterocycles. The predicted molar refractivity (Wildman–Crippen MR) is 40.3 cm³/mol. The van der Waals surface area contributed by atoms with E-state index in [9.17, 15) is 4.79 Å². The van der Waals surface area contributed by atoms with Crippen LogP contribution in [0.2, 0.25) is 0 Å². The van der Waals surface area contributed by atoms with E-state index in [1.807, 2.05) is 6.07 Å². The number of hydrogen-bond donors (Lipinski definition) is 1. The molecule has 0 aromatic heterocycles. The molecule has 11 heavy (non-hydrogen) atoms. The summed E-state index contributed by atoms with van der Waals surface area (Å²) in [5, 5.41) is 8.76. The normalized spacial score (nSPS) is 22.1. The summed E-state index contributed by atoms with van der Waals surface area (Å²) >= 11 is 0. The second-order valence-corrected chi connectivity index (χ2v) is 3.12. The van der Waals surface area contributed by atoms with Crippen LogP contribution >= 0.6 is 0 Å². The molecule has 1 aliphatic carbocycles. The van der Waals surface area contributed by atoms with Gasteiger partial charge >= 0.3 is 0 Å². The van der Waals surface area contributed by atoms with E-state index in [0.717, 1.165) is 19.3 Å². The van der Waals surface area contributed by atoms with E-state index in [1.54, 1.807) is 0 Å². The van der Waals surface area contributed by atoms with Gasteiger partial charge in [-0.25, -0.2) is 0 Å². The standard InChI is InChI=1S/C8H12N2O/c9-6-8(7(10)11)4-2-1-3-5-8/h1-5H2,(H2,10,11). The summed E-state index contributed by atoms with van der Waals surface area (Å²) in [6, 6.07) is 2.04. The number of hydrogen-bond acceptors (Lipinski definition) is 2. The molecular weight excluding hydrogens is 140 g/mol. The first-order valence-electron chi connectivity index (χ1n) is 3.92. The number of nitriles is 1. The molecule has 0 aliphatic heterocycles. The highest BCUT2D eigenvalue weighted by Crippen LogP contribution is 2.34. The van der Waals surface area contributed by atoms with Crippen molar-refractivity contribution in [3.05, 3.63) is 0 Å². The van der Waals surface area contributed by atoms with Gasteiger partial charge in [-0.3, -0.25) is 4.79 Å². The van der Waals surface area contributed by atoms with Crippen LogP contribution in [-0.2, 0) is 4.79 Å². The Bertz CT molecular complexity index is 199. The Labute approximate surface area is 66.2 Å². The topological polar surface area (TPSA) is 66.9 Å². The summed E-state index contributed by atoms with van der Waals surface area (Å²) in [4.78, 5) is 10.9. The molecule has 0 spiro atoms. The Morgan fingerprint density at radius 2 is 1.91 bits per heavy atom. The average Bonchev–Trinajstić information content (AvgIpc) is 2.05. The van der Waals surface area contributed by atoms with Crippen molar-refractivity contribution in [2.45, 2.75) is 32.1 Å². The van der Waals surface area contributed by atoms with Crippen molar-refractivity contribution in [2.75, 3.05) is 0 Å². The van der Waals surface area contributed by atoms with E-state index in [-0.39, 0.29) is 0 Å². The van der Waals surface area contributed by atoms with Gasteiger partial charge in [0.15, 0.2) is 0 Å². The first-order valence-corrected chi connectivity index (χ1v) is 3.92. The third-order valence-corrected chi connectivity index (χ3v) is 2.39. The lowest BCUT2D eigenvalue weighted by atomic mass is 9.75. The van der Waals surface area contributed by atoms with Gasteiger partial charge in [0.05, 0.1) is 6.07 Å². The van der Waals surface area contributed by atoms with Crippen molar-refractivity contribution in [3.8, 4) is 6.07 Å². The molecule has 0 saturated heterocycles. The van der Waals surface area contributed by atoms with Crippen LogP contribution in [0.4, 0.5) is 0 Å². The maximum atomic E-state index is 10.9. The molecule has 1 aliphatic rings. The molecule has 0 aromatic rings. The van der Waals surface area contributed by atoms with Gasteiger partial charge in [-0.1, -0.05) is 19.3 Å². The Hall–Kier alpha value is -1.04. The number of carbonyl (C=O) groups excluding carboxylic acids is 1. The zero-order valence-corrected chi connectivity index (χ0v) is 6.47. The second-order valence-electron chi connectivity index (χ2n) is 3.12. The Morgan fingerprint density at radius 3 is 2.18 bits per heavy atom. The lowest BCUT2D eigenvalue weighted by Crippen LogP contribution is -2.37.